The van der Waals surface area contributed by atoms with E-state index in [9.17, 15) is 4.39 Å². The van der Waals surface area contributed by atoms with Crippen molar-refractivity contribution >= 4 is 23.4 Å². The van der Waals surface area contributed by atoms with Crippen molar-refractivity contribution in [3.63, 3.8) is 0 Å². The van der Waals surface area contributed by atoms with Gasteiger partial charge in [0.15, 0.2) is 17.4 Å². The molecule has 3 aromatic rings. The lowest BCUT2D eigenvalue weighted by Gasteiger charge is -2.60. The van der Waals surface area contributed by atoms with Crippen molar-refractivity contribution in [2.45, 2.75) is 25.6 Å². The highest BCUT2D eigenvalue weighted by Gasteiger charge is 2.53. The Morgan fingerprint density at radius 3 is 2.72 bits per heavy atom. The summed E-state index contributed by atoms with van der Waals surface area (Å²) in [5.41, 5.74) is 2.45. The third-order valence-corrected chi connectivity index (χ3v) is 8.11. The summed E-state index contributed by atoms with van der Waals surface area (Å²) >= 11 is 6.40. The highest BCUT2D eigenvalue weighted by atomic mass is 35.5. The van der Waals surface area contributed by atoms with Gasteiger partial charge in [0.25, 0.3) is 0 Å². The van der Waals surface area contributed by atoms with Gasteiger partial charge in [0.1, 0.15) is 5.82 Å². The normalized spacial score (nSPS) is 22.6. The van der Waals surface area contributed by atoms with Crippen LogP contribution in [0.5, 0.6) is 5.75 Å². The average molecular weight is 512 g/mol. The zero-order valence-corrected chi connectivity index (χ0v) is 20.8. The van der Waals surface area contributed by atoms with E-state index in [1.807, 2.05) is 6.07 Å². The van der Waals surface area contributed by atoms with Gasteiger partial charge in [-0.3, -0.25) is 9.47 Å². The van der Waals surface area contributed by atoms with Gasteiger partial charge >= 0.3 is 0 Å². The summed E-state index contributed by atoms with van der Waals surface area (Å²) in [7, 11) is 1.47. The number of methoxy groups -OCH3 is 1. The maximum Gasteiger partial charge on any atom is 0.231 e. The van der Waals surface area contributed by atoms with Crippen molar-refractivity contribution in [1.82, 2.24) is 24.6 Å². The first-order chi connectivity index (χ1) is 17.5. The lowest BCUT2D eigenvalue weighted by molar-refractivity contribution is 0.133. The van der Waals surface area contributed by atoms with E-state index < -0.39 is 5.82 Å². The summed E-state index contributed by atoms with van der Waals surface area (Å²) in [6.45, 7) is 6.59. The van der Waals surface area contributed by atoms with Gasteiger partial charge < -0.3 is 19.3 Å². The molecule has 3 saturated heterocycles. The molecule has 4 aliphatic rings. The highest BCUT2D eigenvalue weighted by Crippen LogP contribution is 2.44. The van der Waals surface area contributed by atoms with Crippen LogP contribution in [0, 0.1) is 11.2 Å². The Hall–Kier alpha value is -2.95. The van der Waals surface area contributed by atoms with E-state index in [4.69, 9.17) is 21.1 Å². The number of halogens is 2. The molecule has 2 aromatic heterocycles. The van der Waals surface area contributed by atoms with E-state index in [-0.39, 0.29) is 11.2 Å². The maximum absolute atomic E-state index is 13.8. The molecule has 7 rings (SSSR count). The van der Waals surface area contributed by atoms with Crippen molar-refractivity contribution in [2.75, 3.05) is 56.3 Å². The van der Waals surface area contributed by atoms with Gasteiger partial charge in [-0.15, -0.1) is 10.2 Å². The van der Waals surface area contributed by atoms with Gasteiger partial charge in [0.05, 0.1) is 32.1 Å². The van der Waals surface area contributed by atoms with Crippen LogP contribution >= 0.6 is 11.6 Å². The summed E-state index contributed by atoms with van der Waals surface area (Å²) < 4.78 is 26.7. The van der Waals surface area contributed by atoms with Crippen LogP contribution in [0.3, 0.4) is 0 Å². The molecule has 0 aliphatic carbocycles. The minimum atomic E-state index is -0.445. The first-order valence-corrected chi connectivity index (χ1v) is 12.6. The van der Waals surface area contributed by atoms with Gasteiger partial charge in [-0.05, 0) is 30.2 Å². The van der Waals surface area contributed by atoms with Crippen LogP contribution in [0.15, 0.2) is 30.5 Å². The number of nitrogens with zero attached hydrogens (tertiary/aromatic N) is 7. The van der Waals surface area contributed by atoms with E-state index in [2.05, 4.69) is 46.6 Å². The second-order valence-electron chi connectivity index (χ2n) is 10.3. The van der Waals surface area contributed by atoms with Crippen molar-refractivity contribution in [3.05, 3.63) is 52.7 Å². The number of fused-ring (bicyclic) bond motifs is 3. The summed E-state index contributed by atoms with van der Waals surface area (Å²) in [5, 5.41) is 10.0. The SMILES string of the molecule is COc1cc(N2CC3(C2)CN(c2nnc4n2-c2ccc(Cl)cc2CN([C@H]2CCOC2)C4)C3)ncc1F. The van der Waals surface area contributed by atoms with Crippen LogP contribution in [-0.4, -0.2) is 77.2 Å². The van der Waals surface area contributed by atoms with Gasteiger partial charge in [0.2, 0.25) is 5.95 Å². The van der Waals surface area contributed by atoms with Crippen molar-refractivity contribution in [3.8, 4) is 11.4 Å². The van der Waals surface area contributed by atoms with E-state index in [0.29, 0.717) is 6.04 Å². The molecule has 0 radical (unpaired) electrons. The predicted octanol–water partition coefficient (Wildman–Crippen LogP) is 2.89. The molecule has 36 heavy (non-hydrogen) atoms. The molecule has 9 nitrogen and oxygen atoms in total. The summed E-state index contributed by atoms with van der Waals surface area (Å²) in [5.74, 6) is 2.34. The zero-order chi connectivity index (χ0) is 24.4. The van der Waals surface area contributed by atoms with Crippen LogP contribution in [-0.2, 0) is 17.8 Å². The Balaban J connectivity index is 1.12. The number of hydrogen-bond acceptors (Lipinski definition) is 8. The second kappa shape index (κ2) is 8.29. The Labute approximate surface area is 213 Å². The van der Waals surface area contributed by atoms with E-state index >= 15 is 0 Å². The van der Waals surface area contributed by atoms with Crippen LogP contribution in [0.1, 0.15) is 17.8 Å². The number of anilines is 2. The largest absolute Gasteiger partial charge is 0.493 e. The molecule has 0 N–H and O–H groups in total. The summed E-state index contributed by atoms with van der Waals surface area (Å²) in [4.78, 5) is 11.2. The fourth-order valence-electron chi connectivity index (χ4n) is 6.05. The summed E-state index contributed by atoms with van der Waals surface area (Å²) in [6.07, 6.45) is 2.25. The number of ether oxygens (including phenoxy) is 2. The van der Waals surface area contributed by atoms with Crippen molar-refractivity contribution in [1.29, 1.82) is 0 Å². The third kappa shape index (κ3) is 3.54. The standard InChI is InChI=1S/C25H27ClFN7O2/c1-35-21-7-22(28-8-19(21)27)32-12-25(13-32)14-33(15-25)24-30-29-23-10-31(18-4-5-36-11-18)9-16-6-17(26)2-3-20(16)34(23)24/h2-3,6-8,18H,4-5,9-15H2,1H3/t18-/m0/s1. The smallest absolute Gasteiger partial charge is 0.231 e. The molecule has 4 aliphatic heterocycles. The number of pyridine rings is 1. The van der Waals surface area contributed by atoms with Gasteiger partial charge in [-0.25, -0.2) is 9.37 Å². The molecule has 1 atom stereocenters. The van der Waals surface area contributed by atoms with E-state index in [0.717, 1.165) is 87.2 Å². The quantitative estimate of drug-likeness (QED) is 0.529. The van der Waals surface area contributed by atoms with Crippen molar-refractivity contribution in [2.24, 2.45) is 5.41 Å². The molecule has 1 spiro atoms. The monoisotopic (exact) mass is 511 g/mol. The fourth-order valence-corrected chi connectivity index (χ4v) is 6.25. The van der Waals surface area contributed by atoms with Crippen LogP contribution in [0.25, 0.3) is 5.69 Å². The topological polar surface area (TPSA) is 71.8 Å². The van der Waals surface area contributed by atoms with Crippen LogP contribution in [0.4, 0.5) is 16.2 Å². The first kappa shape index (κ1) is 22.3. The Kier molecular flexibility index (Phi) is 5.13. The number of aromatic nitrogens is 4. The van der Waals surface area contributed by atoms with Gasteiger partial charge in [0, 0.05) is 61.9 Å². The minimum Gasteiger partial charge on any atom is -0.493 e. The Morgan fingerprint density at radius 1 is 1.11 bits per heavy atom. The summed E-state index contributed by atoms with van der Waals surface area (Å²) in [6, 6.07) is 8.12. The fraction of sp³-hybridized carbons (Fsp3) is 0.480. The molecule has 1 aromatic carbocycles. The van der Waals surface area contributed by atoms with Crippen LogP contribution in [0.2, 0.25) is 5.02 Å². The molecule has 3 fully saturated rings. The predicted molar refractivity (Wildman–Crippen MR) is 132 cm³/mol. The third-order valence-electron chi connectivity index (χ3n) is 7.87. The Bertz CT molecular complexity index is 1310. The zero-order valence-electron chi connectivity index (χ0n) is 20.0. The van der Waals surface area contributed by atoms with Gasteiger partial charge in [-0.1, -0.05) is 11.6 Å². The van der Waals surface area contributed by atoms with Crippen LogP contribution < -0.4 is 14.5 Å². The molecule has 0 amide bonds. The molecule has 188 valence electrons. The second-order valence-corrected chi connectivity index (χ2v) is 10.8. The number of benzene rings is 1. The lowest BCUT2D eigenvalue weighted by atomic mass is 9.73. The first-order valence-electron chi connectivity index (χ1n) is 12.3. The molecule has 0 unspecified atom stereocenters. The van der Waals surface area contributed by atoms with E-state index in [1.165, 1.54) is 18.9 Å². The minimum absolute atomic E-state index is 0.177. The maximum atomic E-state index is 13.8. The molecule has 11 heteroatoms. The molecule has 0 saturated carbocycles. The number of hydrogen-bond donors (Lipinski definition) is 0. The van der Waals surface area contributed by atoms with Gasteiger partial charge in [-0.2, -0.15) is 0 Å². The Morgan fingerprint density at radius 2 is 1.94 bits per heavy atom. The molecular weight excluding hydrogens is 485 g/mol. The highest BCUT2D eigenvalue weighted by molar-refractivity contribution is 6.30. The lowest BCUT2D eigenvalue weighted by Crippen LogP contribution is -2.73. The molecular formula is C25H27ClFN7O2. The molecule has 0 bridgehead atoms. The van der Waals surface area contributed by atoms with Crippen molar-refractivity contribution < 1.29 is 13.9 Å². The average Bonchev–Trinajstić information content (AvgIpc) is 3.46. The number of rotatable bonds is 4. The molecule has 6 heterocycles. The van der Waals surface area contributed by atoms with E-state index in [1.54, 1.807) is 6.07 Å².